The van der Waals surface area contributed by atoms with Gasteiger partial charge in [-0.15, -0.1) is 0 Å². The molecule has 0 bridgehead atoms. The Bertz CT molecular complexity index is 984. The molecule has 0 N–H and O–H groups in total. The lowest BCUT2D eigenvalue weighted by Gasteiger charge is -2.09. The van der Waals surface area contributed by atoms with Crippen LogP contribution in [-0.2, 0) is 0 Å². The number of hydrogen-bond donors (Lipinski definition) is 0. The van der Waals surface area contributed by atoms with Crippen LogP contribution >= 0.6 is 0 Å². The Hall–Kier alpha value is -2.93. The molecule has 0 amide bonds. The largest absolute Gasteiger partial charge is 0.298 e. The van der Waals surface area contributed by atoms with Crippen molar-refractivity contribution in [1.29, 1.82) is 0 Å². The molecule has 4 aromatic carbocycles. The summed E-state index contributed by atoms with van der Waals surface area (Å²) in [5.41, 5.74) is 3.12. The fourth-order valence-corrected chi connectivity index (χ4v) is 3.05. The summed E-state index contributed by atoms with van der Waals surface area (Å²) in [5.74, 6) is 0. The van der Waals surface area contributed by atoms with Crippen molar-refractivity contribution in [2.75, 3.05) is 0 Å². The zero-order valence-electron chi connectivity index (χ0n) is 12.0. The van der Waals surface area contributed by atoms with Crippen LogP contribution in [-0.4, -0.2) is 6.29 Å². The van der Waals surface area contributed by atoms with Crippen molar-refractivity contribution in [2.24, 2.45) is 0 Å². The van der Waals surface area contributed by atoms with E-state index in [-0.39, 0.29) is 0 Å². The van der Waals surface area contributed by atoms with Crippen LogP contribution in [0.2, 0.25) is 0 Å². The SMILES string of the molecule is O=Cc1c2ccccc2cc2cc(-c3ccccc3)ccc12. The number of fused-ring (bicyclic) bond motifs is 2. The molecular weight excluding hydrogens is 268 g/mol. The fraction of sp³-hybridized carbons (Fsp3) is 0. The summed E-state index contributed by atoms with van der Waals surface area (Å²) in [6.07, 6.45) is 0.965. The monoisotopic (exact) mass is 282 g/mol. The Morgan fingerprint density at radius 3 is 2.14 bits per heavy atom. The molecule has 0 heterocycles. The molecule has 0 aliphatic heterocycles. The molecule has 1 heteroatoms. The van der Waals surface area contributed by atoms with Gasteiger partial charge in [-0.25, -0.2) is 0 Å². The third kappa shape index (κ3) is 1.99. The van der Waals surface area contributed by atoms with Gasteiger partial charge in [0.25, 0.3) is 0 Å². The first-order valence-electron chi connectivity index (χ1n) is 7.33. The van der Waals surface area contributed by atoms with Gasteiger partial charge in [-0.1, -0.05) is 66.7 Å². The molecule has 0 saturated heterocycles. The van der Waals surface area contributed by atoms with Gasteiger partial charge >= 0.3 is 0 Å². The zero-order valence-corrected chi connectivity index (χ0v) is 12.0. The lowest BCUT2D eigenvalue weighted by molar-refractivity contribution is 0.112. The minimum absolute atomic E-state index is 0.771. The van der Waals surface area contributed by atoms with Crippen molar-refractivity contribution in [1.82, 2.24) is 0 Å². The topological polar surface area (TPSA) is 17.1 Å². The van der Waals surface area contributed by atoms with Gasteiger partial charge < -0.3 is 0 Å². The van der Waals surface area contributed by atoms with Crippen LogP contribution in [0.4, 0.5) is 0 Å². The van der Waals surface area contributed by atoms with Crippen LogP contribution in [0.3, 0.4) is 0 Å². The fourth-order valence-electron chi connectivity index (χ4n) is 3.05. The predicted molar refractivity (Wildman–Crippen MR) is 92.3 cm³/mol. The van der Waals surface area contributed by atoms with Crippen LogP contribution in [0.1, 0.15) is 10.4 Å². The first-order valence-corrected chi connectivity index (χ1v) is 7.33. The van der Waals surface area contributed by atoms with Crippen molar-refractivity contribution in [3.8, 4) is 11.1 Å². The Labute approximate surface area is 128 Å². The summed E-state index contributed by atoms with van der Waals surface area (Å²) < 4.78 is 0. The first-order chi connectivity index (χ1) is 10.9. The van der Waals surface area contributed by atoms with E-state index < -0.39 is 0 Å². The molecule has 0 radical (unpaired) electrons. The van der Waals surface area contributed by atoms with E-state index in [1.54, 1.807) is 0 Å². The molecule has 0 atom stereocenters. The van der Waals surface area contributed by atoms with Crippen LogP contribution in [0, 0.1) is 0 Å². The normalized spacial score (nSPS) is 10.9. The minimum Gasteiger partial charge on any atom is -0.298 e. The molecule has 0 aliphatic carbocycles. The second kappa shape index (κ2) is 5.12. The first kappa shape index (κ1) is 12.8. The standard InChI is InChI=1S/C21H14O/c22-14-21-19-9-5-4-8-17(19)13-18-12-16(10-11-20(18)21)15-6-2-1-3-7-15/h1-14H. The summed E-state index contributed by atoms with van der Waals surface area (Å²) in [5, 5.41) is 4.22. The average molecular weight is 282 g/mol. The highest BCUT2D eigenvalue weighted by atomic mass is 16.1. The lowest BCUT2D eigenvalue weighted by Crippen LogP contribution is -1.88. The highest BCUT2D eigenvalue weighted by Crippen LogP contribution is 2.30. The molecule has 1 nitrogen and oxygen atoms in total. The molecule has 0 aromatic heterocycles. The van der Waals surface area contributed by atoms with Crippen LogP contribution in [0.15, 0.2) is 78.9 Å². The Balaban J connectivity index is 2.05. The molecule has 4 aromatic rings. The number of aldehydes is 1. The summed E-state index contributed by atoms with van der Waals surface area (Å²) in [7, 11) is 0. The van der Waals surface area contributed by atoms with Gasteiger partial charge in [0.15, 0.2) is 6.29 Å². The highest BCUT2D eigenvalue weighted by Gasteiger charge is 2.07. The molecule has 0 spiro atoms. The summed E-state index contributed by atoms with van der Waals surface area (Å²) in [4.78, 5) is 11.6. The third-order valence-electron chi connectivity index (χ3n) is 4.13. The van der Waals surface area contributed by atoms with E-state index in [0.717, 1.165) is 33.4 Å². The Morgan fingerprint density at radius 2 is 1.32 bits per heavy atom. The van der Waals surface area contributed by atoms with Crippen molar-refractivity contribution in [3.63, 3.8) is 0 Å². The molecule has 0 fully saturated rings. The van der Waals surface area contributed by atoms with Crippen molar-refractivity contribution in [3.05, 3.63) is 84.4 Å². The van der Waals surface area contributed by atoms with E-state index in [4.69, 9.17) is 0 Å². The van der Waals surface area contributed by atoms with E-state index >= 15 is 0 Å². The van der Waals surface area contributed by atoms with E-state index in [9.17, 15) is 4.79 Å². The summed E-state index contributed by atoms with van der Waals surface area (Å²) >= 11 is 0. The van der Waals surface area contributed by atoms with E-state index in [1.165, 1.54) is 11.1 Å². The number of rotatable bonds is 2. The number of benzene rings is 4. The van der Waals surface area contributed by atoms with Crippen molar-refractivity contribution in [2.45, 2.75) is 0 Å². The second-order valence-electron chi connectivity index (χ2n) is 5.43. The van der Waals surface area contributed by atoms with Gasteiger partial charge in [-0.2, -0.15) is 0 Å². The highest BCUT2D eigenvalue weighted by molar-refractivity contribution is 6.12. The van der Waals surface area contributed by atoms with Gasteiger partial charge in [0, 0.05) is 5.56 Å². The molecule has 4 rings (SSSR count). The maximum Gasteiger partial charge on any atom is 0.151 e. The summed E-state index contributed by atoms with van der Waals surface area (Å²) in [6, 6.07) is 26.8. The van der Waals surface area contributed by atoms with Crippen molar-refractivity contribution >= 4 is 27.8 Å². The lowest BCUT2D eigenvalue weighted by atomic mass is 9.94. The predicted octanol–water partition coefficient (Wildman–Crippen LogP) is 5.47. The quantitative estimate of drug-likeness (QED) is 0.352. The van der Waals surface area contributed by atoms with Crippen LogP contribution in [0.5, 0.6) is 0 Å². The Kier molecular flexibility index (Phi) is 2.97. The van der Waals surface area contributed by atoms with Gasteiger partial charge in [0.05, 0.1) is 0 Å². The summed E-state index contributed by atoms with van der Waals surface area (Å²) in [6.45, 7) is 0. The molecule has 0 aliphatic rings. The maximum absolute atomic E-state index is 11.6. The van der Waals surface area contributed by atoms with Gasteiger partial charge in [0.1, 0.15) is 0 Å². The smallest absolute Gasteiger partial charge is 0.151 e. The number of carbonyl (C=O) groups is 1. The minimum atomic E-state index is 0.771. The molecular formula is C21H14O. The van der Waals surface area contributed by atoms with E-state index in [1.807, 2.05) is 42.5 Å². The van der Waals surface area contributed by atoms with E-state index in [0.29, 0.717) is 0 Å². The molecule has 0 unspecified atom stereocenters. The van der Waals surface area contributed by atoms with Crippen LogP contribution in [0.25, 0.3) is 32.7 Å². The van der Waals surface area contributed by atoms with Gasteiger partial charge in [0.2, 0.25) is 0 Å². The molecule has 104 valence electrons. The Morgan fingerprint density at radius 1 is 0.591 bits per heavy atom. The maximum atomic E-state index is 11.6. The van der Waals surface area contributed by atoms with E-state index in [2.05, 4.69) is 36.4 Å². The van der Waals surface area contributed by atoms with Crippen LogP contribution < -0.4 is 0 Å². The zero-order chi connectivity index (χ0) is 14.9. The molecule has 0 saturated carbocycles. The third-order valence-corrected chi connectivity index (χ3v) is 4.13. The van der Waals surface area contributed by atoms with Crippen molar-refractivity contribution < 1.29 is 4.79 Å². The molecule has 22 heavy (non-hydrogen) atoms. The number of carbonyl (C=O) groups excluding carboxylic acids is 1. The number of hydrogen-bond acceptors (Lipinski definition) is 1. The van der Waals surface area contributed by atoms with Gasteiger partial charge in [-0.05, 0) is 44.8 Å². The average Bonchev–Trinajstić information content (AvgIpc) is 2.60. The van der Waals surface area contributed by atoms with Gasteiger partial charge in [-0.3, -0.25) is 4.79 Å². The second-order valence-corrected chi connectivity index (χ2v) is 5.43.